The van der Waals surface area contributed by atoms with Gasteiger partial charge in [0, 0.05) is 5.57 Å². The van der Waals surface area contributed by atoms with E-state index in [4.69, 9.17) is 4.74 Å². The molecule has 0 spiro atoms. The molecule has 0 saturated carbocycles. The Labute approximate surface area is 121 Å². The fourth-order valence-electron chi connectivity index (χ4n) is 2.44. The van der Waals surface area contributed by atoms with Crippen LogP contribution < -0.4 is 0 Å². The van der Waals surface area contributed by atoms with Gasteiger partial charge in [-0.3, -0.25) is 0 Å². The van der Waals surface area contributed by atoms with Crippen LogP contribution in [0.3, 0.4) is 0 Å². The number of hydrogen-bond acceptors (Lipinski definition) is 4. The fourth-order valence-corrected chi connectivity index (χ4v) is 2.44. The first-order valence-electron chi connectivity index (χ1n) is 6.60. The van der Waals surface area contributed by atoms with E-state index in [-0.39, 0.29) is 11.1 Å². The fraction of sp³-hybridized carbons (Fsp3) is 0.118. The van der Waals surface area contributed by atoms with Gasteiger partial charge in [0.2, 0.25) is 6.29 Å². The van der Waals surface area contributed by atoms with Crippen LogP contribution >= 0.6 is 0 Å². The van der Waals surface area contributed by atoms with Crippen molar-refractivity contribution in [2.75, 3.05) is 0 Å². The Morgan fingerprint density at radius 1 is 0.952 bits per heavy atom. The third-order valence-corrected chi connectivity index (χ3v) is 3.45. The first-order valence-corrected chi connectivity index (χ1v) is 6.60. The van der Waals surface area contributed by atoms with Crippen molar-refractivity contribution in [2.45, 2.75) is 12.4 Å². The number of carbonyl (C=O) groups is 1. The summed E-state index contributed by atoms with van der Waals surface area (Å²) in [5, 5.41) is 20.5. The second-order valence-corrected chi connectivity index (χ2v) is 4.77. The highest BCUT2D eigenvalue weighted by atomic mass is 16.6. The molecule has 21 heavy (non-hydrogen) atoms. The van der Waals surface area contributed by atoms with Crippen molar-refractivity contribution in [3.63, 3.8) is 0 Å². The SMILES string of the molecule is O=C1O[C@H](O)C([C@H](O)c2ccccc2)=C1c1ccccc1. The van der Waals surface area contributed by atoms with Gasteiger partial charge in [-0.15, -0.1) is 0 Å². The molecule has 2 aromatic rings. The predicted molar refractivity (Wildman–Crippen MR) is 76.9 cm³/mol. The molecule has 0 aliphatic carbocycles. The van der Waals surface area contributed by atoms with Gasteiger partial charge in [0.05, 0.1) is 5.57 Å². The maximum absolute atomic E-state index is 12.0. The van der Waals surface area contributed by atoms with Crippen LogP contribution in [0.25, 0.3) is 5.57 Å². The molecule has 0 aromatic heterocycles. The van der Waals surface area contributed by atoms with E-state index in [0.29, 0.717) is 11.1 Å². The minimum atomic E-state index is -1.43. The van der Waals surface area contributed by atoms with Crippen molar-refractivity contribution in [1.29, 1.82) is 0 Å². The van der Waals surface area contributed by atoms with Crippen LogP contribution in [-0.4, -0.2) is 22.5 Å². The molecule has 0 amide bonds. The van der Waals surface area contributed by atoms with Gasteiger partial charge in [-0.2, -0.15) is 0 Å². The average molecular weight is 282 g/mol. The molecule has 1 heterocycles. The maximum Gasteiger partial charge on any atom is 0.341 e. The zero-order chi connectivity index (χ0) is 14.8. The summed E-state index contributed by atoms with van der Waals surface area (Å²) in [6.07, 6.45) is -2.52. The Hall–Kier alpha value is -2.43. The molecular weight excluding hydrogens is 268 g/mol. The lowest BCUT2D eigenvalue weighted by Crippen LogP contribution is -2.15. The number of cyclic esters (lactones) is 1. The zero-order valence-electron chi connectivity index (χ0n) is 11.1. The largest absolute Gasteiger partial charge is 0.428 e. The third-order valence-electron chi connectivity index (χ3n) is 3.45. The average Bonchev–Trinajstić information content (AvgIpc) is 2.82. The number of aliphatic hydroxyl groups excluding tert-OH is 2. The van der Waals surface area contributed by atoms with Gasteiger partial charge in [-0.25, -0.2) is 4.79 Å². The molecule has 0 saturated heterocycles. The smallest absolute Gasteiger partial charge is 0.341 e. The Morgan fingerprint density at radius 2 is 1.52 bits per heavy atom. The summed E-state index contributed by atoms with van der Waals surface area (Å²) in [6.45, 7) is 0. The summed E-state index contributed by atoms with van der Waals surface area (Å²) in [5.41, 5.74) is 1.61. The molecule has 2 N–H and O–H groups in total. The first kappa shape index (κ1) is 13.5. The standard InChI is InChI=1S/C17H14O4/c18-15(12-9-5-2-6-10-12)14-13(16(19)21-17(14)20)11-7-3-1-4-8-11/h1-10,15,17-18,20H/t15-,17+/m1/s1. The molecule has 3 rings (SSSR count). The van der Waals surface area contributed by atoms with Crippen LogP contribution in [-0.2, 0) is 9.53 Å². The lowest BCUT2D eigenvalue weighted by atomic mass is 9.94. The van der Waals surface area contributed by atoms with Crippen LogP contribution in [0.15, 0.2) is 66.2 Å². The van der Waals surface area contributed by atoms with Gasteiger partial charge < -0.3 is 14.9 Å². The molecule has 0 radical (unpaired) electrons. The van der Waals surface area contributed by atoms with E-state index >= 15 is 0 Å². The predicted octanol–water partition coefficient (Wildman–Crippen LogP) is 2.05. The molecule has 4 heteroatoms. The zero-order valence-corrected chi connectivity index (χ0v) is 11.1. The molecule has 1 aliphatic rings. The van der Waals surface area contributed by atoms with Crippen LogP contribution in [0, 0.1) is 0 Å². The van der Waals surface area contributed by atoms with E-state index < -0.39 is 18.4 Å². The number of benzene rings is 2. The summed E-state index contributed by atoms with van der Waals surface area (Å²) >= 11 is 0. The van der Waals surface area contributed by atoms with E-state index in [0.717, 1.165) is 0 Å². The number of hydrogen-bond donors (Lipinski definition) is 2. The van der Waals surface area contributed by atoms with Crippen LogP contribution in [0.5, 0.6) is 0 Å². The quantitative estimate of drug-likeness (QED) is 0.846. The lowest BCUT2D eigenvalue weighted by molar-refractivity contribution is -0.151. The van der Waals surface area contributed by atoms with E-state index in [1.165, 1.54) is 0 Å². The highest BCUT2D eigenvalue weighted by molar-refractivity contribution is 6.19. The molecular formula is C17H14O4. The molecule has 2 aromatic carbocycles. The summed E-state index contributed by atoms with van der Waals surface area (Å²) in [7, 11) is 0. The van der Waals surface area contributed by atoms with Gasteiger partial charge in [0.1, 0.15) is 6.10 Å². The van der Waals surface area contributed by atoms with Crippen molar-refractivity contribution in [1.82, 2.24) is 0 Å². The van der Waals surface area contributed by atoms with Gasteiger partial charge in [0.25, 0.3) is 0 Å². The molecule has 4 nitrogen and oxygen atoms in total. The Morgan fingerprint density at radius 3 is 2.14 bits per heavy atom. The van der Waals surface area contributed by atoms with Crippen molar-refractivity contribution < 1.29 is 19.7 Å². The summed E-state index contributed by atoms with van der Waals surface area (Å²) < 4.78 is 4.87. The van der Waals surface area contributed by atoms with E-state index in [2.05, 4.69) is 0 Å². The Bertz CT molecular complexity index is 676. The lowest BCUT2D eigenvalue weighted by Gasteiger charge is -2.15. The van der Waals surface area contributed by atoms with Crippen LogP contribution in [0.2, 0.25) is 0 Å². The minimum absolute atomic E-state index is 0.178. The van der Waals surface area contributed by atoms with Gasteiger partial charge in [-0.1, -0.05) is 60.7 Å². The van der Waals surface area contributed by atoms with Crippen LogP contribution in [0.4, 0.5) is 0 Å². The highest BCUT2D eigenvalue weighted by Crippen LogP contribution is 2.37. The molecule has 0 fully saturated rings. The molecule has 106 valence electrons. The summed E-state index contributed by atoms with van der Waals surface area (Å²) in [5.74, 6) is -0.626. The van der Waals surface area contributed by atoms with Crippen molar-refractivity contribution in [2.24, 2.45) is 0 Å². The van der Waals surface area contributed by atoms with E-state index in [1.807, 2.05) is 12.1 Å². The number of esters is 1. The first-order chi connectivity index (χ1) is 10.2. The Balaban J connectivity index is 2.11. The van der Waals surface area contributed by atoms with Crippen LogP contribution in [0.1, 0.15) is 17.2 Å². The molecule has 0 bridgehead atoms. The van der Waals surface area contributed by atoms with Crippen molar-refractivity contribution in [3.05, 3.63) is 77.4 Å². The van der Waals surface area contributed by atoms with E-state index in [9.17, 15) is 15.0 Å². The topological polar surface area (TPSA) is 66.8 Å². The monoisotopic (exact) mass is 282 g/mol. The van der Waals surface area contributed by atoms with E-state index in [1.54, 1.807) is 48.5 Å². The molecule has 1 aliphatic heterocycles. The molecule has 2 atom stereocenters. The Kier molecular flexibility index (Phi) is 3.56. The van der Waals surface area contributed by atoms with Gasteiger partial charge >= 0.3 is 5.97 Å². The minimum Gasteiger partial charge on any atom is -0.428 e. The number of carbonyl (C=O) groups excluding carboxylic acids is 1. The molecule has 0 unspecified atom stereocenters. The summed E-state index contributed by atoms with van der Waals surface area (Å²) in [4.78, 5) is 12.0. The summed E-state index contributed by atoms with van der Waals surface area (Å²) in [6, 6.07) is 17.7. The normalized spacial score (nSPS) is 19.5. The van der Waals surface area contributed by atoms with Gasteiger partial charge in [-0.05, 0) is 11.1 Å². The maximum atomic E-state index is 12.0. The number of rotatable bonds is 3. The second-order valence-electron chi connectivity index (χ2n) is 4.77. The number of aliphatic hydroxyl groups is 2. The van der Waals surface area contributed by atoms with Crippen molar-refractivity contribution >= 4 is 11.5 Å². The van der Waals surface area contributed by atoms with Gasteiger partial charge in [0.15, 0.2) is 0 Å². The number of ether oxygens (including phenoxy) is 1. The second kappa shape index (κ2) is 5.52. The van der Waals surface area contributed by atoms with Crippen molar-refractivity contribution in [3.8, 4) is 0 Å². The highest BCUT2D eigenvalue weighted by Gasteiger charge is 2.37. The third kappa shape index (κ3) is 2.46.